The first kappa shape index (κ1) is 33.0. The molecule has 0 unspecified atom stereocenters. The Kier molecular flexibility index (Phi) is 9.77. The second-order valence-electron chi connectivity index (χ2n) is 11.9. The maximum atomic E-state index is 15.8. The number of hydrogen-bond donors (Lipinski definition) is 1. The number of carbonyl (C=O) groups is 2. The van der Waals surface area contributed by atoms with E-state index in [2.05, 4.69) is 11.4 Å². The van der Waals surface area contributed by atoms with Crippen LogP contribution >= 0.6 is 23.2 Å². The highest BCUT2D eigenvalue weighted by molar-refractivity contribution is 6.31. The summed E-state index contributed by atoms with van der Waals surface area (Å²) in [6.45, 7) is 5.99. The zero-order chi connectivity index (χ0) is 32.4. The molecule has 0 saturated carbocycles. The number of esters is 1. The van der Waals surface area contributed by atoms with E-state index < -0.39 is 41.0 Å². The number of nitrogens with one attached hydrogen (secondary N) is 1. The number of urea groups is 1. The molecule has 44 heavy (non-hydrogen) atoms. The van der Waals surface area contributed by atoms with Crippen molar-refractivity contribution in [3.63, 3.8) is 0 Å². The van der Waals surface area contributed by atoms with Gasteiger partial charge in [-0.15, -0.1) is 0 Å². The standard InChI is InChI=1S/C33H33Cl2F2N3O4/c1-32(2,3)15-20-17-40(31(42)39-16-19-9-11-22(30(41)44-5)27(13-19)43-4)29(23-7-6-8-25(35)28(23)37)33(20,18-38)24-12-10-21(34)14-26(24)36/h6-14,20,29H,15-17H2,1-5H3,(H,39,42)/t20-,29-,33-/m1/s1. The second-order valence-corrected chi connectivity index (χ2v) is 12.8. The van der Waals surface area contributed by atoms with Gasteiger partial charge in [-0.3, -0.25) is 0 Å². The van der Waals surface area contributed by atoms with Gasteiger partial charge in [0.15, 0.2) is 0 Å². The van der Waals surface area contributed by atoms with Crippen LogP contribution in [0.25, 0.3) is 0 Å². The molecule has 3 aromatic carbocycles. The van der Waals surface area contributed by atoms with E-state index in [1.54, 1.807) is 12.1 Å². The van der Waals surface area contributed by atoms with Gasteiger partial charge in [0.05, 0.1) is 31.4 Å². The van der Waals surface area contributed by atoms with E-state index in [1.165, 1.54) is 55.5 Å². The molecule has 2 amide bonds. The van der Waals surface area contributed by atoms with Crippen LogP contribution in [-0.2, 0) is 16.7 Å². The van der Waals surface area contributed by atoms with Crippen molar-refractivity contribution < 1.29 is 27.8 Å². The van der Waals surface area contributed by atoms with E-state index in [-0.39, 0.29) is 51.0 Å². The van der Waals surface area contributed by atoms with Gasteiger partial charge in [0.1, 0.15) is 28.4 Å². The fourth-order valence-electron chi connectivity index (χ4n) is 6.07. The molecule has 0 aromatic heterocycles. The number of hydrogen-bond acceptors (Lipinski definition) is 5. The molecule has 7 nitrogen and oxygen atoms in total. The highest BCUT2D eigenvalue weighted by Gasteiger charge is 2.60. The molecule has 1 fully saturated rings. The average Bonchev–Trinajstić information content (AvgIpc) is 3.29. The Morgan fingerprint density at radius 2 is 1.84 bits per heavy atom. The van der Waals surface area contributed by atoms with Crippen molar-refractivity contribution in [2.45, 2.75) is 45.2 Å². The molecule has 4 rings (SSSR count). The quantitative estimate of drug-likeness (QED) is 0.265. The van der Waals surface area contributed by atoms with Crippen molar-refractivity contribution in [2.75, 3.05) is 20.8 Å². The van der Waals surface area contributed by atoms with Gasteiger partial charge in [0.2, 0.25) is 0 Å². The van der Waals surface area contributed by atoms with Crippen molar-refractivity contribution in [1.82, 2.24) is 10.2 Å². The van der Waals surface area contributed by atoms with Crippen molar-refractivity contribution in [1.29, 1.82) is 5.26 Å². The molecular formula is C33H33Cl2F2N3O4. The Morgan fingerprint density at radius 3 is 2.45 bits per heavy atom. The van der Waals surface area contributed by atoms with Crippen molar-refractivity contribution >= 4 is 35.2 Å². The lowest BCUT2D eigenvalue weighted by molar-refractivity contribution is 0.0597. The van der Waals surface area contributed by atoms with E-state index in [4.69, 9.17) is 32.7 Å². The smallest absolute Gasteiger partial charge is 0.341 e. The number of carbonyl (C=O) groups excluding carboxylic acids is 2. The number of likely N-dealkylation sites (tertiary alicyclic amines) is 1. The summed E-state index contributed by atoms with van der Waals surface area (Å²) in [5.41, 5.74) is -1.21. The fourth-order valence-corrected chi connectivity index (χ4v) is 6.41. The number of rotatable bonds is 7. The Hall–Kier alpha value is -3.87. The van der Waals surface area contributed by atoms with Gasteiger partial charge in [0.25, 0.3) is 0 Å². The number of nitriles is 1. The van der Waals surface area contributed by atoms with E-state index in [1.807, 2.05) is 20.8 Å². The van der Waals surface area contributed by atoms with Gasteiger partial charge in [0, 0.05) is 35.2 Å². The molecule has 0 aliphatic carbocycles. The lowest BCUT2D eigenvalue weighted by atomic mass is 9.63. The van der Waals surface area contributed by atoms with Gasteiger partial charge >= 0.3 is 12.0 Å². The van der Waals surface area contributed by atoms with Gasteiger partial charge in [-0.1, -0.05) is 68.2 Å². The molecule has 1 N–H and O–H groups in total. The zero-order valence-electron chi connectivity index (χ0n) is 25.0. The molecule has 0 bridgehead atoms. The Balaban J connectivity index is 1.83. The first-order chi connectivity index (χ1) is 20.8. The lowest BCUT2D eigenvalue weighted by Crippen LogP contribution is -2.44. The molecule has 0 radical (unpaired) electrons. The van der Waals surface area contributed by atoms with Gasteiger partial charge < -0.3 is 19.7 Å². The molecule has 11 heteroatoms. The summed E-state index contributed by atoms with van der Waals surface area (Å²) in [6.07, 6.45) is 0.414. The number of nitrogens with zero attached hydrogens (tertiary/aromatic N) is 2. The Labute approximate surface area is 265 Å². The Morgan fingerprint density at radius 1 is 1.11 bits per heavy atom. The molecule has 1 saturated heterocycles. The SMILES string of the molecule is COC(=O)c1ccc(CNC(=O)N2C[C@@H](CC(C)(C)C)[C@](C#N)(c3ccc(Cl)cc3F)[C@H]2c2cccc(Cl)c2F)cc1OC. The summed E-state index contributed by atoms with van der Waals surface area (Å²) in [5.74, 6) is -2.45. The summed E-state index contributed by atoms with van der Waals surface area (Å²) in [5, 5.41) is 13.8. The molecule has 1 aliphatic rings. The predicted octanol–water partition coefficient (Wildman–Crippen LogP) is 7.85. The molecule has 1 heterocycles. The highest BCUT2D eigenvalue weighted by Crippen LogP contribution is 2.56. The lowest BCUT2D eigenvalue weighted by Gasteiger charge is -2.38. The minimum Gasteiger partial charge on any atom is -0.496 e. The van der Waals surface area contributed by atoms with E-state index in [9.17, 15) is 14.9 Å². The maximum absolute atomic E-state index is 15.8. The summed E-state index contributed by atoms with van der Waals surface area (Å²) in [6, 6.07) is 13.6. The number of methoxy groups -OCH3 is 2. The molecule has 3 aromatic rings. The summed E-state index contributed by atoms with van der Waals surface area (Å²) >= 11 is 12.3. The highest BCUT2D eigenvalue weighted by atomic mass is 35.5. The Bertz CT molecular complexity index is 1620. The fraction of sp³-hybridized carbons (Fsp3) is 0.364. The van der Waals surface area contributed by atoms with Gasteiger partial charge in [-0.25, -0.2) is 18.4 Å². The monoisotopic (exact) mass is 643 g/mol. The van der Waals surface area contributed by atoms with E-state index in [0.29, 0.717) is 12.0 Å². The van der Waals surface area contributed by atoms with Gasteiger partial charge in [-0.2, -0.15) is 5.26 Å². The number of halogens is 4. The molecule has 3 atom stereocenters. The van der Waals surface area contributed by atoms with E-state index in [0.717, 1.165) is 6.07 Å². The van der Waals surface area contributed by atoms with Crippen molar-refractivity contribution in [2.24, 2.45) is 11.3 Å². The van der Waals surface area contributed by atoms with E-state index >= 15 is 8.78 Å². The average molecular weight is 645 g/mol. The van der Waals surface area contributed by atoms with Crippen molar-refractivity contribution in [3.8, 4) is 11.8 Å². The third kappa shape index (κ3) is 6.33. The largest absolute Gasteiger partial charge is 0.496 e. The molecular weight excluding hydrogens is 611 g/mol. The van der Waals surface area contributed by atoms with Crippen LogP contribution in [0.2, 0.25) is 10.0 Å². The van der Waals surface area contributed by atoms with Crippen LogP contribution in [0.1, 0.15) is 60.3 Å². The normalized spacial score (nSPS) is 19.8. The minimum atomic E-state index is -1.70. The third-order valence-electron chi connectivity index (χ3n) is 7.88. The number of amides is 2. The van der Waals surface area contributed by atoms with Crippen LogP contribution in [0, 0.1) is 34.3 Å². The molecule has 0 spiro atoms. The predicted molar refractivity (Wildman–Crippen MR) is 164 cm³/mol. The first-order valence-corrected chi connectivity index (χ1v) is 14.6. The summed E-state index contributed by atoms with van der Waals surface area (Å²) < 4.78 is 41.7. The van der Waals surface area contributed by atoms with Crippen LogP contribution in [0.5, 0.6) is 5.75 Å². The minimum absolute atomic E-state index is 0.0101. The van der Waals surface area contributed by atoms with Crippen LogP contribution in [0.3, 0.4) is 0 Å². The maximum Gasteiger partial charge on any atom is 0.341 e. The van der Waals surface area contributed by atoms with Crippen LogP contribution in [-0.4, -0.2) is 37.7 Å². The molecule has 232 valence electrons. The number of benzene rings is 3. The van der Waals surface area contributed by atoms with Gasteiger partial charge in [-0.05, 0) is 47.7 Å². The molecule has 1 aliphatic heterocycles. The summed E-state index contributed by atoms with van der Waals surface area (Å²) in [7, 11) is 2.67. The second kappa shape index (κ2) is 13.0. The zero-order valence-corrected chi connectivity index (χ0v) is 26.5. The van der Waals surface area contributed by atoms with Crippen LogP contribution in [0.15, 0.2) is 54.6 Å². The van der Waals surface area contributed by atoms with Crippen LogP contribution < -0.4 is 10.1 Å². The van der Waals surface area contributed by atoms with Crippen molar-refractivity contribution in [3.05, 3.63) is 98.5 Å². The number of ether oxygens (including phenoxy) is 2. The van der Waals surface area contributed by atoms with Crippen LogP contribution in [0.4, 0.5) is 13.6 Å². The first-order valence-electron chi connectivity index (χ1n) is 13.9. The topological polar surface area (TPSA) is 91.7 Å². The third-order valence-corrected chi connectivity index (χ3v) is 8.40. The summed E-state index contributed by atoms with van der Waals surface area (Å²) in [4.78, 5) is 27.4.